The van der Waals surface area contributed by atoms with Crippen LogP contribution in [0.2, 0.25) is 0 Å². The maximum Gasteiger partial charge on any atom is 0.286 e. The van der Waals surface area contributed by atoms with Gasteiger partial charge in [-0.05, 0) is 44.2 Å². The number of nitrogens with zero attached hydrogens (tertiary/aromatic N) is 3. The molecule has 1 saturated carbocycles. The molecule has 1 unspecified atom stereocenters. The first-order valence-electron chi connectivity index (χ1n) is 12.3. The van der Waals surface area contributed by atoms with Crippen molar-refractivity contribution in [2.45, 2.75) is 38.7 Å². The number of benzene rings is 1. The molecule has 0 bridgehead atoms. The van der Waals surface area contributed by atoms with Crippen molar-refractivity contribution < 1.29 is 32.2 Å². The van der Waals surface area contributed by atoms with Gasteiger partial charge in [-0.3, -0.25) is 9.59 Å². The van der Waals surface area contributed by atoms with E-state index >= 15 is 4.39 Å². The molecule has 2 amide bonds. The second kappa shape index (κ2) is 9.90. The highest BCUT2D eigenvalue weighted by Gasteiger charge is 2.50. The van der Waals surface area contributed by atoms with Crippen LogP contribution in [0.5, 0.6) is 5.75 Å². The monoisotopic (exact) mass is 531 g/mol. The van der Waals surface area contributed by atoms with Crippen LogP contribution in [0.15, 0.2) is 18.5 Å². The number of hydrogen-bond donors (Lipinski definition) is 2. The third-order valence-electron chi connectivity index (χ3n) is 6.94. The number of carbonyl (C=O) groups is 2. The molecule has 1 aliphatic carbocycles. The number of rotatable bonds is 8. The molecular formula is C26H28F3N5O4. The van der Waals surface area contributed by atoms with Gasteiger partial charge < -0.3 is 24.7 Å². The van der Waals surface area contributed by atoms with Gasteiger partial charge >= 0.3 is 0 Å². The Morgan fingerprint density at radius 1 is 1.24 bits per heavy atom. The summed E-state index contributed by atoms with van der Waals surface area (Å²) in [6.45, 7) is 2.16. The lowest BCUT2D eigenvalue weighted by atomic mass is 10.0. The van der Waals surface area contributed by atoms with Gasteiger partial charge in [0.05, 0.1) is 29.8 Å². The summed E-state index contributed by atoms with van der Waals surface area (Å²) in [5.74, 6) is -4.47. The van der Waals surface area contributed by atoms with Crippen molar-refractivity contribution in [1.29, 1.82) is 0 Å². The summed E-state index contributed by atoms with van der Waals surface area (Å²) in [5, 5.41) is 2.36. The highest BCUT2D eigenvalue weighted by atomic mass is 19.3. The number of hydrogen-bond acceptors (Lipinski definition) is 6. The van der Waals surface area contributed by atoms with Crippen LogP contribution in [-0.4, -0.2) is 77.0 Å². The highest BCUT2D eigenvalue weighted by Crippen LogP contribution is 2.39. The lowest BCUT2D eigenvalue weighted by Crippen LogP contribution is -2.46. The summed E-state index contributed by atoms with van der Waals surface area (Å²) >= 11 is 0. The minimum atomic E-state index is -3.34. The predicted molar refractivity (Wildman–Crippen MR) is 132 cm³/mol. The van der Waals surface area contributed by atoms with Crippen LogP contribution in [-0.2, 0) is 9.53 Å². The van der Waals surface area contributed by atoms with E-state index < -0.39 is 36.1 Å². The summed E-state index contributed by atoms with van der Waals surface area (Å²) in [4.78, 5) is 37.8. The molecule has 1 atom stereocenters. The van der Waals surface area contributed by atoms with Crippen molar-refractivity contribution in [3.63, 3.8) is 0 Å². The van der Waals surface area contributed by atoms with E-state index in [2.05, 4.69) is 20.3 Å². The number of likely N-dealkylation sites (tertiary alicyclic amines) is 1. The van der Waals surface area contributed by atoms with E-state index in [0.717, 1.165) is 17.7 Å². The molecule has 2 fully saturated rings. The number of amides is 2. The average molecular weight is 532 g/mol. The number of fused-ring (bicyclic) bond motifs is 1. The van der Waals surface area contributed by atoms with Crippen LogP contribution in [0, 0.1) is 25.6 Å². The van der Waals surface area contributed by atoms with Crippen LogP contribution >= 0.6 is 0 Å². The van der Waals surface area contributed by atoms with E-state index in [4.69, 9.17) is 9.47 Å². The molecule has 1 aliphatic heterocycles. The van der Waals surface area contributed by atoms with Gasteiger partial charge in [0.25, 0.3) is 11.8 Å². The average Bonchev–Trinajstić information content (AvgIpc) is 3.56. The first-order valence-corrected chi connectivity index (χ1v) is 12.3. The predicted octanol–water partition coefficient (Wildman–Crippen LogP) is 3.39. The summed E-state index contributed by atoms with van der Waals surface area (Å²) in [6, 6.07) is 1.71. The molecule has 38 heavy (non-hydrogen) atoms. The Balaban J connectivity index is 1.48. The molecule has 9 nitrogen and oxygen atoms in total. The van der Waals surface area contributed by atoms with Gasteiger partial charge in [0.2, 0.25) is 5.91 Å². The number of aromatic nitrogens is 3. The maximum atomic E-state index is 15.4. The third-order valence-corrected chi connectivity index (χ3v) is 6.94. The van der Waals surface area contributed by atoms with Gasteiger partial charge in [-0.2, -0.15) is 0 Å². The molecule has 2 aliphatic rings. The van der Waals surface area contributed by atoms with E-state index in [1.54, 1.807) is 26.0 Å². The Bertz CT molecular complexity index is 1410. The number of ether oxygens (including phenoxy) is 2. The summed E-state index contributed by atoms with van der Waals surface area (Å²) < 4.78 is 55.5. The van der Waals surface area contributed by atoms with Crippen LogP contribution < -0.4 is 10.1 Å². The molecule has 0 radical (unpaired) electrons. The Morgan fingerprint density at radius 2 is 2.00 bits per heavy atom. The molecule has 2 aromatic heterocycles. The van der Waals surface area contributed by atoms with Crippen molar-refractivity contribution in [3.8, 4) is 17.0 Å². The van der Waals surface area contributed by atoms with Crippen LogP contribution in [0.3, 0.4) is 0 Å². The third kappa shape index (κ3) is 4.80. The molecule has 12 heteroatoms. The molecule has 0 spiro atoms. The standard InChI is InChI=1S/C26H28F3N5O4/c1-13-4-7-16(38-9-15-5-6-15)20(21(13)27)23-24-22(30-12-31-23)19(14(2)32-24)25(36)33-17-8-34(11-26(17,28)29)18(35)10-37-3/h4,7,12,15,17,32H,5-6,8-11H2,1-3H3,(H,33,36). The fraction of sp³-hybridized carbons (Fsp3) is 0.462. The van der Waals surface area contributed by atoms with E-state index in [0.29, 0.717) is 29.5 Å². The zero-order valence-corrected chi connectivity index (χ0v) is 21.2. The lowest BCUT2D eigenvalue weighted by Gasteiger charge is -2.18. The van der Waals surface area contributed by atoms with Crippen molar-refractivity contribution in [3.05, 3.63) is 41.1 Å². The van der Waals surface area contributed by atoms with Crippen LogP contribution in [0.25, 0.3) is 22.3 Å². The van der Waals surface area contributed by atoms with Crippen LogP contribution in [0.1, 0.15) is 34.5 Å². The molecule has 3 aromatic rings. The van der Waals surface area contributed by atoms with E-state index in [1.807, 2.05) is 0 Å². The molecule has 202 valence electrons. The molecule has 2 N–H and O–H groups in total. The zero-order valence-electron chi connectivity index (χ0n) is 21.2. The Hall–Kier alpha value is -3.67. The summed E-state index contributed by atoms with van der Waals surface area (Å²) in [6.07, 6.45) is 3.33. The number of carbonyl (C=O) groups excluding carboxylic acids is 2. The van der Waals surface area contributed by atoms with Crippen LogP contribution in [0.4, 0.5) is 13.2 Å². The molecule has 1 aromatic carbocycles. The molecule has 5 rings (SSSR count). The number of H-pyrrole nitrogens is 1. The van der Waals surface area contributed by atoms with Gasteiger partial charge in [-0.25, -0.2) is 23.1 Å². The number of methoxy groups -OCH3 is 1. The van der Waals surface area contributed by atoms with Crippen molar-refractivity contribution in [2.24, 2.45) is 5.92 Å². The Labute approximate surface area is 216 Å². The van der Waals surface area contributed by atoms with Gasteiger partial charge in [-0.1, -0.05) is 6.07 Å². The van der Waals surface area contributed by atoms with E-state index in [9.17, 15) is 18.4 Å². The normalized spacial score (nSPS) is 18.7. The van der Waals surface area contributed by atoms with Crippen molar-refractivity contribution in [2.75, 3.05) is 33.4 Å². The molecule has 3 heterocycles. The van der Waals surface area contributed by atoms with Gasteiger partial charge in [0.1, 0.15) is 41.8 Å². The SMILES string of the molecule is COCC(=O)N1CC(NC(=O)c2c(C)[nH]c3c(-c4c(OCC5CC5)ccc(C)c4F)ncnc23)C(F)(F)C1. The topological polar surface area (TPSA) is 109 Å². The van der Waals surface area contributed by atoms with Gasteiger partial charge in [0.15, 0.2) is 0 Å². The highest BCUT2D eigenvalue weighted by molar-refractivity contribution is 6.09. The first kappa shape index (κ1) is 26.0. The summed E-state index contributed by atoms with van der Waals surface area (Å²) in [7, 11) is 1.30. The first-order chi connectivity index (χ1) is 18.1. The second-order valence-electron chi connectivity index (χ2n) is 9.89. The molecular weight excluding hydrogens is 503 g/mol. The zero-order chi connectivity index (χ0) is 27.2. The maximum absolute atomic E-state index is 15.4. The number of aromatic amines is 1. The molecule has 1 saturated heterocycles. The minimum absolute atomic E-state index is 0.0367. The number of aryl methyl sites for hydroxylation is 2. The van der Waals surface area contributed by atoms with E-state index in [-0.39, 0.29) is 41.0 Å². The number of halogens is 3. The smallest absolute Gasteiger partial charge is 0.286 e. The van der Waals surface area contributed by atoms with Gasteiger partial charge in [0, 0.05) is 19.3 Å². The largest absolute Gasteiger partial charge is 0.492 e. The fourth-order valence-electron chi connectivity index (χ4n) is 4.65. The Morgan fingerprint density at radius 3 is 2.71 bits per heavy atom. The minimum Gasteiger partial charge on any atom is -0.492 e. The van der Waals surface area contributed by atoms with Crippen molar-refractivity contribution >= 4 is 22.8 Å². The van der Waals surface area contributed by atoms with Gasteiger partial charge in [-0.15, -0.1) is 0 Å². The Kier molecular flexibility index (Phi) is 6.76. The summed E-state index contributed by atoms with van der Waals surface area (Å²) in [5.41, 5.74) is 1.56. The number of alkyl halides is 2. The van der Waals surface area contributed by atoms with E-state index in [1.165, 1.54) is 13.4 Å². The quantitative estimate of drug-likeness (QED) is 0.461. The lowest BCUT2D eigenvalue weighted by molar-refractivity contribution is -0.135. The number of nitrogens with one attached hydrogen (secondary N) is 2. The fourth-order valence-corrected chi connectivity index (χ4v) is 4.65. The second-order valence-corrected chi connectivity index (χ2v) is 9.89. The van der Waals surface area contributed by atoms with Crippen molar-refractivity contribution in [1.82, 2.24) is 25.2 Å².